The molecule has 0 aliphatic rings. The first-order valence-electron chi connectivity index (χ1n) is 2.81. The molecule has 0 spiro atoms. The van der Waals surface area contributed by atoms with Crippen molar-refractivity contribution in [3.63, 3.8) is 0 Å². The molecule has 1 aromatic carbocycles. The van der Waals surface area contributed by atoms with Crippen molar-refractivity contribution in [2.75, 3.05) is 7.11 Å². The fraction of sp³-hybridized carbons (Fsp3) is 0.143. The van der Waals surface area contributed by atoms with Gasteiger partial charge >= 0.3 is 30.0 Å². The Balaban J connectivity index is 0.000000461. The monoisotopic (exact) mass is 268 g/mol. The summed E-state index contributed by atoms with van der Waals surface area (Å²) in [7, 11) is 1.43. The van der Waals surface area contributed by atoms with Gasteiger partial charge in [-0.05, 0) is 0 Å². The van der Waals surface area contributed by atoms with Crippen LogP contribution in [0.2, 0.25) is 0 Å². The van der Waals surface area contributed by atoms with Gasteiger partial charge in [-0.25, -0.2) is 0 Å². The maximum atomic E-state index is 12.4. The zero-order valence-electron chi connectivity index (χ0n) is 6.10. The third kappa shape index (κ3) is 3.83. The van der Waals surface area contributed by atoms with E-state index in [9.17, 15) is 4.39 Å². The van der Waals surface area contributed by atoms with Crippen LogP contribution in [0.1, 0.15) is 0 Å². The van der Waals surface area contributed by atoms with Gasteiger partial charge in [0.05, 0.1) is 7.11 Å². The van der Waals surface area contributed by atoms with Gasteiger partial charge < -0.3 is 4.74 Å². The van der Waals surface area contributed by atoms with Crippen molar-refractivity contribution in [1.82, 2.24) is 0 Å². The normalized spacial score (nSPS) is 8.09. The molecule has 0 aliphatic carbocycles. The minimum absolute atomic E-state index is 0.258. The first kappa shape index (κ1) is 11.1. The Hall–Kier alpha value is 0.0534. The van der Waals surface area contributed by atoms with E-state index < -0.39 is 0 Å². The average Bonchev–Trinajstić information content (AvgIpc) is 2.09. The number of hydrogen-bond donors (Lipinski definition) is 0. The van der Waals surface area contributed by atoms with Gasteiger partial charge in [-0.15, -0.1) is 12.1 Å². The van der Waals surface area contributed by atoms with Crippen molar-refractivity contribution in [3.8, 4) is 5.75 Å². The van der Waals surface area contributed by atoms with Crippen LogP contribution in [0, 0.1) is 11.9 Å². The average molecular weight is 270 g/mol. The number of methoxy groups -OCH3 is 1. The summed E-state index contributed by atoms with van der Waals surface area (Å²) in [6.45, 7) is 0. The maximum absolute atomic E-state index is 12.4. The molecule has 0 heterocycles. The first-order chi connectivity index (χ1) is 5.34. The predicted octanol–water partition coefficient (Wildman–Crippen LogP) is 2.48. The summed E-state index contributed by atoms with van der Waals surface area (Å²) in [5, 5.41) is 0. The number of benzene rings is 1. The molecule has 1 nitrogen and oxygen atoms in total. The quantitative estimate of drug-likeness (QED) is 0.563. The third-order valence-corrected chi connectivity index (χ3v) is 0.996. The molecule has 0 fully saturated rings. The second-order valence-corrected chi connectivity index (χ2v) is 1.56. The molecule has 0 aromatic heterocycles. The minimum atomic E-state index is -0.375. The summed E-state index contributed by atoms with van der Waals surface area (Å²) >= 11 is 4.25. The zero-order valence-corrected chi connectivity index (χ0v) is 10.7. The Labute approximate surface area is 82.0 Å². The van der Waals surface area contributed by atoms with E-state index in [4.69, 9.17) is 0 Å². The summed E-state index contributed by atoms with van der Waals surface area (Å²) in [6.07, 6.45) is 0. The molecule has 0 saturated carbocycles. The van der Waals surface area contributed by atoms with Crippen LogP contribution in [0.25, 0.3) is 0 Å². The van der Waals surface area contributed by atoms with E-state index in [0.29, 0.717) is 0 Å². The van der Waals surface area contributed by atoms with Crippen molar-refractivity contribution in [1.29, 1.82) is 0 Å². The molecule has 0 bridgehead atoms. The summed E-state index contributed by atoms with van der Waals surface area (Å²) in [5.41, 5.74) is 0. The van der Waals surface area contributed by atoms with E-state index >= 15 is 0 Å². The fourth-order valence-electron chi connectivity index (χ4n) is 0.561. The molecule has 1 rings (SSSR count). The van der Waals surface area contributed by atoms with Crippen LogP contribution in [0.4, 0.5) is 4.39 Å². The van der Waals surface area contributed by atoms with E-state index in [1.165, 1.54) is 35.6 Å². The van der Waals surface area contributed by atoms with Gasteiger partial charge in [0.15, 0.2) is 0 Å². The summed E-state index contributed by atoms with van der Waals surface area (Å²) in [4.78, 5) is 0. The van der Waals surface area contributed by atoms with Crippen molar-refractivity contribution in [3.05, 3.63) is 30.1 Å². The van der Waals surface area contributed by atoms with Gasteiger partial charge in [0.25, 0.3) is 0 Å². The van der Waals surface area contributed by atoms with E-state index in [1.807, 2.05) is 0 Å². The van der Waals surface area contributed by atoms with Crippen LogP contribution in [0.3, 0.4) is 0 Å². The topological polar surface area (TPSA) is 9.23 Å². The Morgan fingerprint density at radius 2 is 2.27 bits per heavy atom. The molecule has 4 heteroatoms. The molecule has 0 saturated heterocycles. The molecule has 0 amide bonds. The van der Waals surface area contributed by atoms with Gasteiger partial charge in [0.1, 0.15) is 0 Å². The van der Waals surface area contributed by atoms with Crippen molar-refractivity contribution in [2.45, 2.75) is 0 Å². The molecular formula is C7H6BrFOZn. The van der Waals surface area contributed by atoms with Crippen LogP contribution in [-0.2, 0) is 16.3 Å². The Bertz CT molecular complexity index is 207. The summed E-state index contributed by atoms with van der Waals surface area (Å²) < 4.78 is 17.1. The summed E-state index contributed by atoms with van der Waals surface area (Å²) in [6, 6.07) is 6.94. The van der Waals surface area contributed by atoms with Crippen molar-refractivity contribution in [2.24, 2.45) is 0 Å². The van der Waals surface area contributed by atoms with E-state index in [2.05, 4.69) is 24.4 Å². The van der Waals surface area contributed by atoms with Crippen molar-refractivity contribution >= 4 is 13.6 Å². The van der Waals surface area contributed by atoms with E-state index in [-0.39, 0.29) is 11.6 Å². The molecule has 56 valence electrons. The number of ether oxygens (including phenoxy) is 1. The van der Waals surface area contributed by atoms with Crippen molar-refractivity contribution < 1.29 is 25.5 Å². The van der Waals surface area contributed by atoms with E-state index in [1.54, 1.807) is 6.07 Å². The van der Waals surface area contributed by atoms with Gasteiger partial charge in [-0.3, -0.25) is 4.39 Å². The number of rotatable bonds is 1. The molecule has 0 atom stereocenters. The van der Waals surface area contributed by atoms with Crippen LogP contribution < -0.4 is 4.74 Å². The fourth-order valence-corrected chi connectivity index (χ4v) is 0.561. The Morgan fingerprint density at radius 1 is 1.64 bits per heavy atom. The van der Waals surface area contributed by atoms with Crippen LogP contribution >= 0.6 is 13.6 Å². The van der Waals surface area contributed by atoms with Crippen LogP contribution in [0.15, 0.2) is 18.2 Å². The van der Waals surface area contributed by atoms with Crippen LogP contribution in [-0.4, -0.2) is 7.11 Å². The third-order valence-electron chi connectivity index (χ3n) is 0.996. The number of hydrogen-bond acceptors (Lipinski definition) is 1. The zero-order chi connectivity index (χ0) is 8.69. The van der Waals surface area contributed by atoms with Gasteiger partial charge in [0.2, 0.25) is 0 Å². The molecule has 1 aromatic rings. The van der Waals surface area contributed by atoms with Gasteiger partial charge in [-0.1, -0.05) is 0 Å². The molecule has 0 radical (unpaired) electrons. The second-order valence-electron chi connectivity index (χ2n) is 1.56. The molecule has 0 aliphatic heterocycles. The van der Waals surface area contributed by atoms with Gasteiger partial charge in [0, 0.05) is 11.6 Å². The van der Waals surface area contributed by atoms with E-state index in [0.717, 1.165) is 0 Å². The molecule has 0 N–H and O–H groups in total. The number of halogens is 2. The molecular weight excluding hydrogens is 264 g/mol. The molecule has 11 heavy (non-hydrogen) atoms. The standard InChI is InChI=1S/C7H6FO.BrH.Zn/c1-9-7-5-3-2-4-6(7)8;;/h3-5H,1H3;1H;/q-1;;+2/p-1. The Morgan fingerprint density at radius 3 is 2.64 bits per heavy atom. The van der Waals surface area contributed by atoms with Gasteiger partial charge in [-0.2, -0.15) is 12.1 Å². The van der Waals surface area contributed by atoms with Crippen LogP contribution in [0.5, 0.6) is 5.75 Å². The second kappa shape index (κ2) is 6.74. The molecule has 0 unspecified atom stereocenters. The SMILES string of the molecule is COc1cc[c-]cc1F.[Zn+][Br]. The summed E-state index contributed by atoms with van der Waals surface area (Å²) in [5.74, 6) is -0.117. The first-order valence-corrected chi connectivity index (χ1v) is 9.76. The Kier molecular flexibility index (Phi) is 6.78. The predicted molar refractivity (Wildman–Crippen MR) is 40.7 cm³/mol.